The van der Waals surface area contributed by atoms with Crippen molar-refractivity contribution in [3.63, 3.8) is 0 Å². The summed E-state index contributed by atoms with van der Waals surface area (Å²) in [5.41, 5.74) is 1.76. The molecule has 144 valence electrons. The van der Waals surface area contributed by atoms with E-state index in [2.05, 4.69) is 0 Å². The van der Waals surface area contributed by atoms with Gasteiger partial charge in [-0.25, -0.2) is 9.59 Å². The molecule has 0 radical (unpaired) electrons. The minimum absolute atomic E-state index is 0.0112. The molecule has 3 atom stereocenters. The summed E-state index contributed by atoms with van der Waals surface area (Å²) in [6.07, 6.45) is 0.800. The van der Waals surface area contributed by atoms with E-state index in [0.29, 0.717) is 23.9 Å². The summed E-state index contributed by atoms with van der Waals surface area (Å²) in [5.74, 6) is -1.16. The van der Waals surface area contributed by atoms with Crippen LogP contribution in [0.4, 0.5) is 0 Å². The number of carbonyl (C=O) groups is 2. The van der Waals surface area contributed by atoms with Crippen molar-refractivity contribution in [2.24, 2.45) is 0 Å². The van der Waals surface area contributed by atoms with E-state index in [1.807, 2.05) is 36.4 Å². The molecule has 0 aliphatic carbocycles. The average Bonchev–Trinajstić information content (AvgIpc) is 2.94. The van der Waals surface area contributed by atoms with Gasteiger partial charge in [-0.2, -0.15) is 0 Å². The lowest BCUT2D eigenvalue weighted by Crippen LogP contribution is -2.44. The van der Waals surface area contributed by atoms with Crippen LogP contribution in [-0.4, -0.2) is 46.8 Å². The van der Waals surface area contributed by atoms with Crippen LogP contribution in [0.2, 0.25) is 5.02 Å². The van der Waals surface area contributed by atoms with Gasteiger partial charge in [0.15, 0.2) is 0 Å². The average molecular weight is 401 g/mol. The molecule has 0 amide bonds. The van der Waals surface area contributed by atoms with Gasteiger partial charge in [-0.15, -0.1) is 0 Å². The van der Waals surface area contributed by atoms with Crippen molar-refractivity contribution in [2.75, 3.05) is 20.1 Å². The zero-order valence-electron chi connectivity index (χ0n) is 15.1. The Labute approximate surface area is 166 Å². The Morgan fingerprint density at radius 1 is 1.07 bits per heavy atom. The Bertz CT molecular complexity index is 1020. The summed E-state index contributed by atoms with van der Waals surface area (Å²) in [5, 5.41) is 19.4. The maximum Gasteiger partial charge on any atom is 0.390 e. The zero-order valence-corrected chi connectivity index (χ0v) is 15.9. The molecule has 2 N–H and O–H groups in total. The first-order valence-electron chi connectivity index (χ1n) is 8.88. The topological polar surface area (TPSA) is 83.8 Å². The molecular formula is C21H19ClNO5+. The highest BCUT2D eigenvalue weighted by atomic mass is 35.5. The van der Waals surface area contributed by atoms with Crippen molar-refractivity contribution < 1.29 is 29.0 Å². The van der Waals surface area contributed by atoms with Gasteiger partial charge >= 0.3 is 11.9 Å². The van der Waals surface area contributed by atoms with Gasteiger partial charge in [-0.05, 0) is 24.3 Å². The molecule has 2 aliphatic heterocycles. The number of fused-ring (bicyclic) bond motifs is 5. The number of halogens is 1. The third-order valence-electron chi connectivity index (χ3n) is 5.66. The summed E-state index contributed by atoms with van der Waals surface area (Å²) >= 11 is 6.24. The Hall–Kier alpha value is -2.83. The first kappa shape index (κ1) is 18.5. The molecule has 0 saturated carbocycles. The van der Waals surface area contributed by atoms with Crippen molar-refractivity contribution in [2.45, 2.75) is 11.8 Å². The normalized spacial score (nSPS) is 25.7. The second-order valence-corrected chi connectivity index (χ2v) is 7.91. The summed E-state index contributed by atoms with van der Waals surface area (Å²) in [4.78, 5) is 23.1. The summed E-state index contributed by atoms with van der Waals surface area (Å²) in [7, 11) is 1.77. The third-order valence-corrected chi connectivity index (χ3v) is 5.89. The predicted octanol–water partition coefficient (Wildman–Crippen LogP) is 3.83. The van der Waals surface area contributed by atoms with Crippen LogP contribution in [0.25, 0.3) is 0 Å². The zero-order chi connectivity index (χ0) is 20.1. The molecule has 2 aromatic carbocycles. The number of rotatable bonds is 3. The molecule has 2 heterocycles. The number of likely N-dealkylation sites (N-methyl/N-ethyl adjacent to an activating group) is 1. The Morgan fingerprint density at radius 2 is 1.71 bits per heavy atom. The van der Waals surface area contributed by atoms with Crippen LogP contribution < -0.4 is 4.74 Å². The summed E-state index contributed by atoms with van der Waals surface area (Å²) in [6, 6.07) is 13.1. The Kier molecular flexibility index (Phi) is 4.40. The number of likely N-dealkylation sites (tertiary alicyclic amines) is 1. The van der Waals surface area contributed by atoms with E-state index in [-0.39, 0.29) is 22.0 Å². The molecule has 7 heteroatoms. The molecular weight excluding hydrogens is 382 g/mol. The number of aliphatic carboxylic acids is 2. The van der Waals surface area contributed by atoms with Gasteiger partial charge in [0.25, 0.3) is 0 Å². The van der Waals surface area contributed by atoms with Gasteiger partial charge in [0, 0.05) is 28.0 Å². The summed E-state index contributed by atoms with van der Waals surface area (Å²) < 4.78 is 6.15. The molecule has 0 unspecified atom stereocenters. The van der Waals surface area contributed by atoms with Gasteiger partial charge in [0.05, 0.1) is 26.2 Å². The predicted molar refractivity (Wildman–Crippen MR) is 103 cm³/mol. The van der Waals surface area contributed by atoms with Gasteiger partial charge in [0.2, 0.25) is 5.70 Å². The summed E-state index contributed by atoms with van der Waals surface area (Å²) in [6.45, 7) is 0.878. The quantitative estimate of drug-likeness (QED) is 0.604. The lowest BCUT2D eigenvalue weighted by Gasteiger charge is -2.29. The van der Waals surface area contributed by atoms with Crippen LogP contribution in [0.5, 0.6) is 11.5 Å². The first-order valence-corrected chi connectivity index (χ1v) is 9.25. The number of para-hydroxylation sites is 1. The SMILES string of the molecule is C[N@@+]1(/C(=C\C(=O)O)C(=O)O)C[C@@H]2c3cc(Cl)ccc3Oc3ccccc3[C@@H]2C1. The second-order valence-electron chi connectivity index (χ2n) is 7.47. The molecule has 1 saturated heterocycles. The van der Waals surface area contributed by atoms with Gasteiger partial charge < -0.3 is 14.9 Å². The van der Waals surface area contributed by atoms with E-state index in [1.54, 1.807) is 13.1 Å². The number of benzene rings is 2. The molecule has 2 aromatic rings. The lowest BCUT2D eigenvalue weighted by atomic mass is 9.84. The van der Waals surface area contributed by atoms with E-state index in [0.717, 1.165) is 23.0 Å². The largest absolute Gasteiger partial charge is 0.478 e. The minimum Gasteiger partial charge on any atom is -0.478 e. The van der Waals surface area contributed by atoms with Crippen LogP contribution in [0.3, 0.4) is 0 Å². The van der Waals surface area contributed by atoms with Gasteiger partial charge in [-0.3, -0.25) is 4.48 Å². The standard InChI is InChI=1S/C21H18ClNO5/c1-23(17(21(26)27)9-20(24)25)10-15-13-4-2-3-5-18(13)28-19-7-6-12(22)8-14(19)16(15)11-23/h2-9,15-16H,10-11H2,1H3,(H-,24,25,26,27)/p+1/b17-9-/t15-,16+,23-/m0/s1. The Morgan fingerprint density at radius 3 is 2.39 bits per heavy atom. The van der Waals surface area contributed by atoms with Gasteiger partial charge in [-0.1, -0.05) is 29.8 Å². The van der Waals surface area contributed by atoms with E-state index in [9.17, 15) is 19.8 Å². The maximum absolute atomic E-state index is 11.9. The molecule has 2 aliphatic rings. The fraction of sp³-hybridized carbons (Fsp3) is 0.238. The second kappa shape index (κ2) is 6.65. The van der Waals surface area contributed by atoms with Crippen molar-refractivity contribution in [3.8, 4) is 11.5 Å². The molecule has 0 spiro atoms. The molecule has 28 heavy (non-hydrogen) atoms. The van der Waals surface area contributed by atoms with E-state index >= 15 is 0 Å². The Balaban J connectivity index is 1.88. The monoisotopic (exact) mass is 400 g/mol. The third kappa shape index (κ3) is 3.04. The fourth-order valence-electron chi connectivity index (χ4n) is 4.49. The lowest BCUT2D eigenvalue weighted by molar-refractivity contribution is -0.857. The molecule has 4 rings (SSSR count). The molecule has 0 bridgehead atoms. The van der Waals surface area contributed by atoms with Crippen molar-refractivity contribution in [1.29, 1.82) is 0 Å². The number of quaternary nitrogens is 1. The number of nitrogens with zero attached hydrogens (tertiary/aromatic N) is 1. The van der Waals surface area contributed by atoms with E-state index in [4.69, 9.17) is 16.3 Å². The number of hydrogen-bond donors (Lipinski definition) is 2. The van der Waals surface area contributed by atoms with Crippen LogP contribution in [0, 0.1) is 0 Å². The number of carboxylic acid groups (broad SMARTS) is 2. The van der Waals surface area contributed by atoms with Crippen molar-refractivity contribution >= 4 is 23.5 Å². The van der Waals surface area contributed by atoms with E-state index in [1.165, 1.54) is 0 Å². The van der Waals surface area contributed by atoms with Crippen LogP contribution >= 0.6 is 11.6 Å². The molecule has 6 nitrogen and oxygen atoms in total. The highest BCUT2D eigenvalue weighted by Crippen LogP contribution is 2.52. The first-order chi connectivity index (χ1) is 13.3. The fourth-order valence-corrected chi connectivity index (χ4v) is 4.67. The van der Waals surface area contributed by atoms with Crippen molar-refractivity contribution in [1.82, 2.24) is 0 Å². The highest BCUT2D eigenvalue weighted by molar-refractivity contribution is 6.30. The highest BCUT2D eigenvalue weighted by Gasteiger charge is 2.51. The number of carboxylic acids is 2. The van der Waals surface area contributed by atoms with Gasteiger partial charge in [0.1, 0.15) is 11.5 Å². The number of hydrogen-bond acceptors (Lipinski definition) is 3. The molecule has 0 aromatic heterocycles. The number of ether oxygens (including phenoxy) is 1. The maximum atomic E-state index is 11.9. The smallest absolute Gasteiger partial charge is 0.390 e. The minimum atomic E-state index is -1.27. The van der Waals surface area contributed by atoms with E-state index < -0.39 is 11.9 Å². The van der Waals surface area contributed by atoms with Crippen LogP contribution in [-0.2, 0) is 9.59 Å². The van der Waals surface area contributed by atoms with Crippen LogP contribution in [0.15, 0.2) is 54.2 Å². The van der Waals surface area contributed by atoms with Crippen LogP contribution in [0.1, 0.15) is 23.0 Å². The molecule has 1 fully saturated rings. The van der Waals surface area contributed by atoms with Crippen molar-refractivity contribution in [3.05, 3.63) is 70.4 Å².